The maximum atomic E-state index is 12.6. The molecule has 1 aliphatic rings. The van der Waals surface area contributed by atoms with Gasteiger partial charge in [-0.2, -0.15) is 0 Å². The summed E-state index contributed by atoms with van der Waals surface area (Å²) in [5.41, 5.74) is 1.25. The van der Waals surface area contributed by atoms with Crippen LogP contribution < -0.4 is 9.47 Å². The largest absolute Gasteiger partial charge is 0.469 e. The molecule has 0 fully saturated rings. The Morgan fingerprint density at radius 3 is 2.52 bits per heavy atom. The van der Waals surface area contributed by atoms with Gasteiger partial charge in [0.25, 0.3) is 0 Å². The zero-order chi connectivity index (χ0) is 17.8. The molecule has 0 bridgehead atoms. The van der Waals surface area contributed by atoms with Crippen LogP contribution in [-0.2, 0) is 9.53 Å². The second kappa shape index (κ2) is 7.61. The summed E-state index contributed by atoms with van der Waals surface area (Å²) in [5.74, 6) is -0.0459. The zero-order valence-electron chi connectivity index (χ0n) is 14.0. The van der Waals surface area contributed by atoms with Gasteiger partial charge < -0.3 is 14.2 Å². The number of ketones is 1. The third-order valence-electron chi connectivity index (χ3n) is 4.09. The van der Waals surface area contributed by atoms with Gasteiger partial charge in [-0.25, -0.2) is 0 Å². The van der Waals surface area contributed by atoms with Crippen molar-refractivity contribution in [3.8, 4) is 11.5 Å². The smallest absolute Gasteiger partial charge is 0.313 e. The summed E-state index contributed by atoms with van der Waals surface area (Å²) in [4.78, 5) is 25.9. The molecule has 0 saturated carbocycles. The standard InChI is InChI=1S/C19H18O5S/c1-22-19(21)15(13-5-8-17-18(9-13)24-11-23-17)10-16(20)12-3-6-14(25-2)7-4-12/h3-9,15H,10-11H2,1-2H3. The molecule has 2 aromatic rings. The maximum absolute atomic E-state index is 12.6. The van der Waals surface area contributed by atoms with Crippen molar-refractivity contribution in [3.63, 3.8) is 0 Å². The van der Waals surface area contributed by atoms with Crippen LogP contribution in [0.15, 0.2) is 47.4 Å². The number of hydrogen-bond donors (Lipinski definition) is 0. The van der Waals surface area contributed by atoms with E-state index in [9.17, 15) is 9.59 Å². The lowest BCUT2D eigenvalue weighted by Crippen LogP contribution is -2.18. The molecule has 130 valence electrons. The van der Waals surface area contributed by atoms with E-state index in [4.69, 9.17) is 14.2 Å². The van der Waals surface area contributed by atoms with Crippen molar-refractivity contribution < 1.29 is 23.8 Å². The Hall–Kier alpha value is -2.47. The van der Waals surface area contributed by atoms with Crippen molar-refractivity contribution in [2.45, 2.75) is 17.2 Å². The average molecular weight is 358 g/mol. The van der Waals surface area contributed by atoms with Gasteiger partial charge in [0.1, 0.15) is 0 Å². The van der Waals surface area contributed by atoms with E-state index in [0.717, 1.165) is 4.90 Å². The lowest BCUT2D eigenvalue weighted by Gasteiger charge is -2.15. The molecule has 25 heavy (non-hydrogen) atoms. The molecule has 0 spiro atoms. The van der Waals surface area contributed by atoms with Crippen LogP contribution >= 0.6 is 11.8 Å². The first-order valence-corrected chi connectivity index (χ1v) is 8.99. The minimum atomic E-state index is -0.688. The SMILES string of the molecule is COC(=O)C(CC(=O)c1ccc(SC)cc1)c1ccc2c(c1)OCO2. The lowest BCUT2D eigenvalue weighted by atomic mass is 9.91. The molecular formula is C19H18O5S. The highest BCUT2D eigenvalue weighted by atomic mass is 32.2. The summed E-state index contributed by atoms with van der Waals surface area (Å²) in [6, 6.07) is 12.6. The molecule has 0 N–H and O–H groups in total. The van der Waals surface area contributed by atoms with Gasteiger partial charge in [0, 0.05) is 16.9 Å². The van der Waals surface area contributed by atoms with Crippen molar-refractivity contribution in [3.05, 3.63) is 53.6 Å². The number of esters is 1. The van der Waals surface area contributed by atoms with Crippen LogP contribution in [0.1, 0.15) is 28.3 Å². The topological polar surface area (TPSA) is 61.8 Å². The number of benzene rings is 2. The molecule has 1 unspecified atom stereocenters. The molecular weight excluding hydrogens is 340 g/mol. The first-order valence-electron chi connectivity index (χ1n) is 7.77. The summed E-state index contributed by atoms with van der Waals surface area (Å²) in [7, 11) is 1.32. The number of hydrogen-bond acceptors (Lipinski definition) is 6. The molecule has 1 aliphatic heterocycles. The van der Waals surface area contributed by atoms with Crippen molar-refractivity contribution >= 4 is 23.5 Å². The van der Waals surface area contributed by atoms with Gasteiger partial charge in [0.15, 0.2) is 17.3 Å². The maximum Gasteiger partial charge on any atom is 0.313 e. The van der Waals surface area contributed by atoms with E-state index in [2.05, 4.69) is 0 Å². The number of carbonyl (C=O) groups excluding carboxylic acids is 2. The molecule has 5 nitrogen and oxygen atoms in total. The molecule has 2 aromatic carbocycles. The van der Waals surface area contributed by atoms with Crippen molar-refractivity contribution in [1.29, 1.82) is 0 Å². The van der Waals surface area contributed by atoms with Crippen LogP contribution in [0.3, 0.4) is 0 Å². The highest BCUT2D eigenvalue weighted by molar-refractivity contribution is 7.98. The number of carbonyl (C=O) groups is 2. The van der Waals surface area contributed by atoms with Crippen LogP contribution in [0.2, 0.25) is 0 Å². The molecule has 0 amide bonds. The monoisotopic (exact) mass is 358 g/mol. The predicted octanol–water partition coefficient (Wildman–Crippen LogP) is 3.67. The highest BCUT2D eigenvalue weighted by Crippen LogP contribution is 2.36. The first-order chi connectivity index (χ1) is 12.1. The van der Waals surface area contributed by atoms with Crippen molar-refractivity contribution in [2.24, 2.45) is 0 Å². The zero-order valence-corrected chi connectivity index (χ0v) is 14.8. The summed E-state index contributed by atoms with van der Waals surface area (Å²) in [5, 5.41) is 0. The third kappa shape index (κ3) is 3.79. The lowest BCUT2D eigenvalue weighted by molar-refractivity contribution is -0.142. The van der Waals surface area contributed by atoms with Gasteiger partial charge in [0.05, 0.1) is 13.0 Å². The van der Waals surface area contributed by atoms with E-state index in [-0.39, 0.29) is 19.0 Å². The Balaban J connectivity index is 1.83. The van der Waals surface area contributed by atoms with E-state index in [0.29, 0.717) is 22.6 Å². The van der Waals surface area contributed by atoms with Gasteiger partial charge in [0.2, 0.25) is 6.79 Å². The normalized spacial score (nSPS) is 13.4. The van der Waals surface area contributed by atoms with Gasteiger partial charge >= 0.3 is 5.97 Å². The molecule has 1 heterocycles. The second-order valence-corrected chi connectivity index (χ2v) is 6.42. The average Bonchev–Trinajstić information content (AvgIpc) is 3.13. The number of Topliss-reactive ketones (excluding diaryl/α,β-unsaturated/α-hetero) is 1. The number of ether oxygens (including phenoxy) is 3. The summed E-state index contributed by atoms with van der Waals surface area (Å²) < 4.78 is 15.5. The fourth-order valence-corrected chi connectivity index (χ4v) is 3.10. The Labute approximate surface area is 150 Å². The van der Waals surface area contributed by atoms with Crippen LogP contribution in [-0.4, -0.2) is 31.9 Å². The molecule has 0 aliphatic carbocycles. The molecule has 1 atom stereocenters. The number of thioether (sulfide) groups is 1. The Bertz CT molecular complexity index is 785. The van der Waals surface area contributed by atoms with E-state index in [1.165, 1.54) is 7.11 Å². The summed E-state index contributed by atoms with van der Waals surface area (Å²) >= 11 is 1.61. The van der Waals surface area contributed by atoms with Crippen LogP contribution in [0.4, 0.5) is 0 Å². The Kier molecular flexibility index (Phi) is 5.28. The summed E-state index contributed by atoms with van der Waals surface area (Å²) in [6.07, 6.45) is 2.01. The van der Waals surface area contributed by atoms with Crippen LogP contribution in [0, 0.1) is 0 Å². The quantitative estimate of drug-likeness (QED) is 0.446. The Morgan fingerprint density at radius 2 is 1.84 bits per heavy atom. The minimum Gasteiger partial charge on any atom is -0.469 e. The summed E-state index contributed by atoms with van der Waals surface area (Å²) in [6.45, 7) is 0.155. The van der Waals surface area contributed by atoms with Crippen molar-refractivity contribution in [1.82, 2.24) is 0 Å². The number of methoxy groups -OCH3 is 1. The van der Waals surface area contributed by atoms with E-state index in [1.54, 1.807) is 42.1 Å². The fraction of sp³-hybridized carbons (Fsp3) is 0.263. The minimum absolute atomic E-state index is 0.0327. The molecule has 6 heteroatoms. The Morgan fingerprint density at radius 1 is 1.12 bits per heavy atom. The van der Waals surface area contributed by atoms with Gasteiger partial charge in [-0.05, 0) is 36.1 Å². The van der Waals surface area contributed by atoms with Crippen LogP contribution in [0.5, 0.6) is 11.5 Å². The number of fused-ring (bicyclic) bond motifs is 1. The first kappa shape index (κ1) is 17.4. The van der Waals surface area contributed by atoms with Gasteiger partial charge in [-0.15, -0.1) is 11.8 Å². The number of rotatable bonds is 6. The van der Waals surface area contributed by atoms with E-state index < -0.39 is 11.9 Å². The van der Waals surface area contributed by atoms with Crippen molar-refractivity contribution in [2.75, 3.05) is 20.2 Å². The van der Waals surface area contributed by atoms with Crippen LogP contribution in [0.25, 0.3) is 0 Å². The van der Waals surface area contributed by atoms with E-state index >= 15 is 0 Å². The molecule has 0 radical (unpaired) electrons. The van der Waals surface area contributed by atoms with E-state index in [1.807, 2.05) is 18.4 Å². The highest BCUT2D eigenvalue weighted by Gasteiger charge is 2.27. The molecule has 0 aromatic heterocycles. The van der Waals surface area contributed by atoms with Gasteiger partial charge in [-0.1, -0.05) is 18.2 Å². The molecule has 3 rings (SSSR count). The fourth-order valence-electron chi connectivity index (χ4n) is 2.69. The third-order valence-corrected chi connectivity index (χ3v) is 4.83. The second-order valence-electron chi connectivity index (χ2n) is 5.54. The molecule has 0 saturated heterocycles. The van der Waals surface area contributed by atoms with Gasteiger partial charge in [-0.3, -0.25) is 9.59 Å². The predicted molar refractivity (Wildman–Crippen MR) is 94.5 cm³/mol.